The molecule has 0 radical (unpaired) electrons. The Morgan fingerprint density at radius 3 is 2.64 bits per heavy atom. The molecule has 2 atom stereocenters. The van der Waals surface area contributed by atoms with Gasteiger partial charge in [0.05, 0.1) is 0 Å². The molecule has 1 saturated heterocycles. The fourth-order valence-corrected chi connectivity index (χ4v) is 2.05. The van der Waals surface area contributed by atoms with E-state index in [2.05, 4.69) is 54.5 Å². The molecule has 0 bridgehead atoms. The maximum atomic E-state index is 3.47. The molecule has 76 valence electrons. The van der Waals surface area contributed by atoms with Crippen LogP contribution in [-0.4, -0.2) is 31.1 Å². The van der Waals surface area contributed by atoms with Gasteiger partial charge in [-0.15, -0.1) is 0 Å². The first-order chi connectivity index (χ1) is 6.79. The van der Waals surface area contributed by atoms with Crippen LogP contribution in [0.4, 0.5) is 0 Å². The Morgan fingerprint density at radius 1 is 1.21 bits per heavy atom. The fraction of sp³-hybridized carbons (Fsp3) is 0.500. The van der Waals surface area contributed by atoms with E-state index in [1.807, 2.05) is 0 Å². The summed E-state index contributed by atoms with van der Waals surface area (Å²) in [5, 5.41) is 3.47. The highest BCUT2D eigenvalue weighted by atomic mass is 15.2. The summed E-state index contributed by atoms with van der Waals surface area (Å²) in [5.41, 5.74) is 1.41. The fourth-order valence-electron chi connectivity index (χ4n) is 2.05. The third kappa shape index (κ3) is 1.81. The Labute approximate surface area is 85.9 Å². The van der Waals surface area contributed by atoms with Crippen LogP contribution >= 0.6 is 0 Å². The van der Waals surface area contributed by atoms with E-state index < -0.39 is 0 Å². The molecule has 1 N–H and O–H groups in total. The first-order valence-electron chi connectivity index (χ1n) is 5.26. The highest BCUT2D eigenvalue weighted by Crippen LogP contribution is 2.22. The van der Waals surface area contributed by atoms with E-state index >= 15 is 0 Å². The van der Waals surface area contributed by atoms with Crippen LogP contribution in [-0.2, 0) is 0 Å². The van der Waals surface area contributed by atoms with Crippen molar-refractivity contribution in [1.82, 2.24) is 10.2 Å². The third-order valence-corrected chi connectivity index (χ3v) is 3.15. The van der Waals surface area contributed by atoms with Crippen LogP contribution in [0, 0.1) is 0 Å². The van der Waals surface area contributed by atoms with Gasteiger partial charge < -0.3 is 5.32 Å². The van der Waals surface area contributed by atoms with Crippen LogP contribution < -0.4 is 5.32 Å². The molecule has 0 saturated carbocycles. The summed E-state index contributed by atoms with van der Waals surface area (Å²) < 4.78 is 0. The standard InChI is InChI=1S/C12H18N2/c1-10-8-13-9-12(14(10)2)11-6-4-3-5-7-11/h3-7,10,12-13H,8-9H2,1-2H3/t10-,12?/m0/s1. The number of likely N-dealkylation sites (N-methyl/N-ethyl adjacent to an activating group) is 1. The highest BCUT2D eigenvalue weighted by Gasteiger charge is 2.24. The van der Waals surface area contributed by atoms with Gasteiger partial charge in [-0.2, -0.15) is 0 Å². The zero-order valence-corrected chi connectivity index (χ0v) is 8.90. The lowest BCUT2D eigenvalue weighted by Gasteiger charge is -2.38. The minimum atomic E-state index is 0.528. The van der Waals surface area contributed by atoms with Gasteiger partial charge in [-0.3, -0.25) is 4.90 Å². The zero-order chi connectivity index (χ0) is 9.97. The van der Waals surface area contributed by atoms with Crippen LogP contribution in [0.5, 0.6) is 0 Å². The van der Waals surface area contributed by atoms with E-state index in [0.29, 0.717) is 12.1 Å². The lowest BCUT2D eigenvalue weighted by atomic mass is 10.0. The van der Waals surface area contributed by atoms with Gasteiger partial charge in [-0.1, -0.05) is 30.3 Å². The quantitative estimate of drug-likeness (QED) is 0.724. The number of piperazine rings is 1. The normalized spacial score (nSPS) is 29.0. The molecule has 2 rings (SSSR count). The molecule has 2 heteroatoms. The predicted octanol–water partition coefficient (Wildman–Crippen LogP) is 1.65. The van der Waals surface area contributed by atoms with Gasteiger partial charge in [-0.05, 0) is 19.5 Å². The summed E-state index contributed by atoms with van der Waals surface area (Å²) in [4.78, 5) is 2.45. The molecule has 1 aromatic rings. The SMILES string of the molecule is C[C@H]1CNCC(c2ccccc2)N1C. The van der Waals surface area contributed by atoms with Gasteiger partial charge in [0.2, 0.25) is 0 Å². The second-order valence-electron chi connectivity index (χ2n) is 4.10. The predicted molar refractivity (Wildman–Crippen MR) is 59.3 cm³/mol. The molecule has 1 heterocycles. The maximum Gasteiger partial charge on any atom is 0.0472 e. The van der Waals surface area contributed by atoms with Crippen molar-refractivity contribution in [2.75, 3.05) is 20.1 Å². The van der Waals surface area contributed by atoms with E-state index in [1.54, 1.807) is 0 Å². The Morgan fingerprint density at radius 2 is 1.93 bits per heavy atom. The smallest absolute Gasteiger partial charge is 0.0472 e. The summed E-state index contributed by atoms with van der Waals surface area (Å²) in [6.07, 6.45) is 0. The van der Waals surface area contributed by atoms with Crippen molar-refractivity contribution < 1.29 is 0 Å². The minimum Gasteiger partial charge on any atom is -0.313 e. The lowest BCUT2D eigenvalue weighted by Crippen LogP contribution is -2.49. The van der Waals surface area contributed by atoms with E-state index in [0.717, 1.165) is 13.1 Å². The van der Waals surface area contributed by atoms with Gasteiger partial charge >= 0.3 is 0 Å². The van der Waals surface area contributed by atoms with Gasteiger partial charge in [0, 0.05) is 25.2 Å². The first kappa shape index (κ1) is 9.69. The number of hydrogen-bond donors (Lipinski definition) is 1. The average Bonchev–Trinajstić information content (AvgIpc) is 2.23. The summed E-state index contributed by atoms with van der Waals surface area (Å²) in [7, 11) is 2.21. The topological polar surface area (TPSA) is 15.3 Å². The Balaban J connectivity index is 2.17. The number of nitrogens with zero attached hydrogens (tertiary/aromatic N) is 1. The van der Waals surface area contributed by atoms with Crippen LogP contribution in [0.2, 0.25) is 0 Å². The summed E-state index contributed by atoms with van der Waals surface area (Å²) in [5.74, 6) is 0. The van der Waals surface area contributed by atoms with Crippen molar-refractivity contribution >= 4 is 0 Å². The van der Waals surface area contributed by atoms with Crippen molar-refractivity contribution in [3.05, 3.63) is 35.9 Å². The Bertz CT molecular complexity index is 284. The van der Waals surface area contributed by atoms with Gasteiger partial charge in [0.1, 0.15) is 0 Å². The summed E-state index contributed by atoms with van der Waals surface area (Å²) in [6.45, 7) is 4.42. The monoisotopic (exact) mass is 190 g/mol. The molecule has 0 spiro atoms. The number of benzene rings is 1. The van der Waals surface area contributed by atoms with E-state index in [4.69, 9.17) is 0 Å². The second kappa shape index (κ2) is 4.11. The molecule has 0 amide bonds. The average molecular weight is 190 g/mol. The molecule has 0 aromatic heterocycles. The van der Waals surface area contributed by atoms with Gasteiger partial charge in [-0.25, -0.2) is 0 Å². The van der Waals surface area contributed by atoms with Crippen LogP contribution in [0.15, 0.2) is 30.3 Å². The maximum absolute atomic E-state index is 3.47. The lowest BCUT2D eigenvalue weighted by molar-refractivity contribution is 0.141. The van der Waals surface area contributed by atoms with E-state index in [1.165, 1.54) is 5.56 Å². The minimum absolute atomic E-state index is 0.528. The van der Waals surface area contributed by atoms with E-state index in [-0.39, 0.29) is 0 Å². The van der Waals surface area contributed by atoms with Gasteiger partial charge in [0.15, 0.2) is 0 Å². The van der Waals surface area contributed by atoms with Crippen molar-refractivity contribution in [3.63, 3.8) is 0 Å². The van der Waals surface area contributed by atoms with Gasteiger partial charge in [0.25, 0.3) is 0 Å². The molecular weight excluding hydrogens is 172 g/mol. The first-order valence-corrected chi connectivity index (χ1v) is 5.26. The number of nitrogens with one attached hydrogen (secondary N) is 1. The molecule has 1 fully saturated rings. The largest absolute Gasteiger partial charge is 0.313 e. The third-order valence-electron chi connectivity index (χ3n) is 3.15. The molecule has 1 unspecified atom stereocenters. The van der Waals surface area contributed by atoms with Crippen LogP contribution in [0.1, 0.15) is 18.5 Å². The summed E-state index contributed by atoms with van der Waals surface area (Å²) in [6, 6.07) is 11.9. The van der Waals surface area contributed by atoms with Crippen LogP contribution in [0.25, 0.3) is 0 Å². The molecule has 0 aliphatic carbocycles. The molecular formula is C12H18N2. The molecule has 1 aromatic carbocycles. The Hall–Kier alpha value is -0.860. The molecule has 14 heavy (non-hydrogen) atoms. The summed E-state index contributed by atoms with van der Waals surface area (Å²) >= 11 is 0. The molecule has 1 aliphatic rings. The number of hydrogen-bond acceptors (Lipinski definition) is 2. The zero-order valence-electron chi connectivity index (χ0n) is 8.90. The van der Waals surface area contributed by atoms with Crippen molar-refractivity contribution in [1.29, 1.82) is 0 Å². The second-order valence-corrected chi connectivity index (χ2v) is 4.10. The van der Waals surface area contributed by atoms with Crippen molar-refractivity contribution in [2.24, 2.45) is 0 Å². The van der Waals surface area contributed by atoms with Crippen molar-refractivity contribution in [3.8, 4) is 0 Å². The van der Waals surface area contributed by atoms with E-state index in [9.17, 15) is 0 Å². The number of rotatable bonds is 1. The molecule has 2 nitrogen and oxygen atoms in total. The van der Waals surface area contributed by atoms with Crippen molar-refractivity contribution in [2.45, 2.75) is 19.0 Å². The van der Waals surface area contributed by atoms with Crippen LogP contribution in [0.3, 0.4) is 0 Å². The highest BCUT2D eigenvalue weighted by molar-refractivity contribution is 5.20. The molecule has 1 aliphatic heterocycles. The Kier molecular flexibility index (Phi) is 2.85.